The number of benzene rings is 2. The predicted octanol–water partition coefficient (Wildman–Crippen LogP) is 3.41. The monoisotopic (exact) mass is 406 g/mol. The van der Waals surface area contributed by atoms with Gasteiger partial charge in [0, 0.05) is 35.9 Å². The number of aromatic nitrogens is 3. The van der Waals surface area contributed by atoms with Gasteiger partial charge in [0.05, 0.1) is 6.20 Å². The SMILES string of the molecule is CCN(CC)C(=O)Cn1ncc2c3ccccc3n(Cc3ccc(F)cc3)c2c1=O. The zero-order valence-corrected chi connectivity index (χ0v) is 17.0. The number of likely N-dealkylation sites (N-methyl/N-ethyl adjacent to an activating group) is 1. The van der Waals surface area contributed by atoms with Crippen LogP contribution in [0.15, 0.2) is 59.5 Å². The third-order valence-corrected chi connectivity index (χ3v) is 5.43. The summed E-state index contributed by atoms with van der Waals surface area (Å²) in [5, 5.41) is 5.93. The van der Waals surface area contributed by atoms with Gasteiger partial charge in [-0.05, 0) is 37.6 Å². The summed E-state index contributed by atoms with van der Waals surface area (Å²) in [4.78, 5) is 27.5. The summed E-state index contributed by atoms with van der Waals surface area (Å²) in [6, 6.07) is 14.0. The molecule has 2 heterocycles. The first-order valence-corrected chi connectivity index (χ1v) is 10.0. The molecule has 2 aromatic carbocycles. The molecular formula is C23H23FN4O2. The molecule has 0 bridgehead atoms. The molecule has 0 spiro atoms. The summed E-state index contributed by atoms with van der Waals surface area (Å²) in [7, 11) is 0. The van der Waals surface area contributed by atoms with Gasteiger partial charge in [-0.3, -0.25) is 9.59 Å². The first kappa shape index (κ1) is 19.8. The summed E-state index contributed by atoms with van der Waals surface area (Å²) in [6.07, 6.45) is 1.65. The van der Waals surface area contributed by atoms with Crippen LogP contribution in [0.1, 0.15) is 19.4 Å². The second kappa shape index (κ2) is 8.10. The highest BCUT2D eigenvalue weighted by Crippen LogP contribution is 2.27. The maximum atomic E-state index is 13.3. The van der Waals surface area contributed by atoms with Crippen LogP contribution in [0.25, 0.3) is 21.8 Å². The predicted molar refractivity (Wildman–Crippen MR) is 115 cm³/mol. The molecule has 0 aliphatic heterocycles. The van der Waals surface area contributed by atoms with Gasteiger partial charge in [-0.25, -0.2) is 9.07 Å². The molecule has 154 valence electrons. The highest BCUT2D eigenvalue weighted by Gasteiger charge is 2.18. The average molecular weight is 406 g/mol. The quantitative estimate of drug-likeness (QED) is 0.493. The van der Waals surface area contributed by atoms with Gasteiger partial charge in [-0.2, -0.15) is 5.10 Å². The minimum atomic E-state index is -0.314. The standard InChI is InChI=1S/C23H23FN4O2/c1-3-26(4-2)21(29)15-28-23(30)22-19(13-25-28)18-7-5-6-8-20(18)27(22)14-16-9-11-17(24)12-10-16/h5-13H,3-4,14-15H2,1-2H3. The van der Waals surface area contributed by atoms with Crippen molar-refractivity contribution in [2.75, 3.05) is 13.1 Å². The fourth-order valence-electron chi connectivity index (χ4n) is 3.85. The van der Waals surface area contributed by atoms with E-state index in [1.54, 1.807) is 23.2 Å². The molecule has 4 rings (SSSR count). The molecule has 4 aromatic rings. The summed E-state index contributed by atoms with van der Waals surface area (Å²) in [5.41, 5.74) is 1.94. The Kier molecular flexibility index (Phi) is 5.35. The van der Waals surface area contributed by atoms with Crippen LogP contribution in [0, 0.1) is 5.82 Å². The van der Waals surface area contributed by atoms with Crippen molar-refractivity contribution in [3.63, 3.8) is 0 Å². The molecule has 0 aliphatic carbocycles. The number of fused-ring (bicyclic) bond motifs is 3. The van der Waals surface area contributed by atoms with E-state index in [0.29, 0.717) is 25.2 Å². The van der Waals surface area contributed by atoms with Gasteiger partial charge in [0.1, 0.15) is 17.9 Å². The zero-order chi connectivity index (χ0) is 21.3. The highest BCUT2D eigenvalue weighted by atomic mass is 19.1. The van der Waals surface area contributed by atoms with Crippen LogP contribution in [0.2, 0.25) is 0 Å². The summed E-state index contributed by atoms with van der Waals surface area (Å²) in [6.45, 7) is 5.28. The van der Waals surface area contributed by atoms with Crippen LogP contribution in [-0.2, 0) is 17.9 Å². The Morgan fingerprint density at radius 2 is 1.73 bits per heavy atom. The van der Waals surface area contributed by atoms with Crippen LogP contribution in [-0.4, -0.2) is 38.2 Å². The van der Waals surface area contributed by atoms with Crippen molar-refractivity contribution in [2.45, 2.75) is 26.9 Å². The third-order valence-electron chi connectivity index (χ3n) is 5.43. The number of nitrogens with zero attached hydrogens (tertiary/aromatic N) is 4. The third kappa shape index (κ3) is 3.47. The van der Waals surface area contributed by atoms with E-state index in [4.69, 9.17) is 0 Å². The van der Waals surface area contributed by atoms with Gasteiger partial charge in [-0.1, -0.05) is 30.3 Å². The normalized spacial score (nSPS) is 11.3. The first-order valence-electron chi connectivity index (χ1n) is 10.0. The van der Waals surface area contributed by atoms with E-state index in [1.165, 1.54) is 16.8 Å². The number of amides is 1. The average Bonchev–Trinajstić information content (AvgIpc) is 3.07. The Labute approximate surface area is 173 Å². The molecule has 0 fully saturated rings. The number of halogens is 1. The molecular weight excluding hydrogens is 383 g/mol. The minimum Gasteiger partial charge on any atom is -0.342 e. The summed E-state index contributed by atoms with van der Waals surface area (Å²) >= 11 is 0. The molecule has 2 aromatic heterocycles. The summed E-state index contributed by atoms with van der Waals surface area (Å²) < 4.78 is 16.5. The Hall–Kier alpha value is -3.48. The van der Waals surface area contributed by atoms with Crippen molar-refractivity contribution in [1.29, 1.82) is 0 Å². The Bertz CT molecular complexity index is 1270. The Morgan fingerprint density at radius 3 is 2.43 bits per heavy atom. The molecule has 0 saturated carbocycles. The lowest BCUT2D eigenvalue weighted by Gasteiger charge is -2.18. The molecule has 0 N–H and O–H groups in total. The number of para-hydroxylation sites is 1. The van der Waals surface area contributed by atoms with E-state index in [9.17, 15) is 14.0 Å². The number of hydrogen-bond donors (Lipinski definition) is 0. The van der Waals surface area contributed by atoms with E-state index in [0.717, 1.165) is 21.9 Å². The van der Waals surface area contributed by atoms with E-state index < -0.39 is 0 Å². The number of carbonyl (C=O) groups is 1. The van der Waals surface area contributed by atoms with Crippen molar-refractivity contribution in [3.05, 3.63) is 76.5 Å². The number of carbonyl (C=O) groups excluding carboxylic acids is 1. The minimum absolute atomic E-state index is 0.103. The van der Waals surface area contributed by atoms with Crippen molar-refractivity contribution in [2.24, 2.45) is 0 Å². The maximum Gasteiger partial charge on any atom is 0.291 e. The topological polar surface area (TPSA) is 60.1 Å². The highest BCUT2D eigenvalue weighted by molar-refractivity contribution is 6.07. The van der Waals surface area contributed by atoms with Crippen LogP contribution >= 0.6 is 0 Å². The molecule has 1 amide bonds. The molecule has 0 unspecified atom stereocenters. The Balaban J connectivity index is 1.86. The van der Waals surface area contributed by atoms with Gasteiger partial charge >= 0.3 is 0 Å². The number of hydrogen-bond acceptors (Lipinski definition) is 3. The first-order chi connectivity index (χ1) is 14.5. The maximum absolute atomic E-state index is 13.3. The van der Waals surface area contributed by atoms with Crippen molar-refractivity contribution >= 4 is 27.7 Å². The Morgan fingerprint density at radius 1 is 1.03 bits per heavy atom. The molecule has 6 nitrogen and oxygen atoms in total. The summed E-state index contributed by atoms with van der Waals surface area (Å²) in [5.74, 6) is -0.447. The number of rotatable bonds is 6. The smallest absolute Gasteiger partial charge is 0.291 e. The molecule has 0 saturated heterocycles. The van der Waals surface area contributed by atoms with Crippen LogP contribution in [0.5, 0.6) is 0 Å². The lowest BCUT2D eigenvalue weighted by Crippen LogP contribution is -2.37. The van der Waals surface area contributed by atoms with E-state index in [-0.39, 0.29) is 23.8 Å². The van der Waals surface area contributed by atoms with Crippen LogP contribution in [0.4, 0.5) is 4.39 Å². The largest absolute Gasteiger partial charge is 0.342 e. The fourth-order valence-corrected chi connectivity index (χ4v) is 3.85. The fraction of sp³-hybridized carbons (Fsp3) is 0.261. The molecule has 0 atom stereocenters. The molecule has 30 heavy (non-hydrogen) atoms. The second-order valence-electron chi connectivity index (χ2n) is 7.17. The van der Waals surface area contributed by atoms with Gasteiger partial charge in [-0.15, -0.1) is 0 Å². The van der Waals surface area contributed by atoms with E-state index in [1.807, 2.05) is 42.7 Å². The van der Waals surface area contributed by atoms with Gasteiger partial charge in [0.25, 0.3) is 5.56 Å². The van der Waals surface area contributed by atoms with Crippen LogP contribution in [0.3, 0.4) is 0 Å². The van der Waals surface area contributed by atoms with Gasteiger partial charge in [0.15, 0.2) is 0 Å². The lowest BCUT2D eigenvalue weighted by molar-refractivity contribution is -0.131. The van der Waals surface area contributed by atoms with E-state index >= 15 is 0 Å². The lowest BCUT2D eigenvalue weighted by atomic mass is 10.2. The van der Waals surface area contributed by atoms with Crippen molar-refractivity contribution in [1.82, 2.24) is 19.2 Å². The van der Waals surface area contributed by atoms with Gasteiger partial charge in [0.2, 0.25) is 5.91 Å². The van der Waals surface area contributed by atoms with Crippen molar-refractivity contribution in [3.8, 4) is 0 Å². The van der Waals surface area contributed by atoms with Gasteiger partial charge < -0.3 is 9.47 Å². The zero-order valence-electron chi connectivity index (χ0n) is 17.0. The van der Waals surface area contributed by atoms with Crippen molar-refractivity contribution < 1.29 is 9.18 Å². The molecule has 0 aliphatic rings. The van der Waals surface area contributed by atoms with Crippen LogP contribution < -0.4 is 5.56 Å². The molecule has 7 heteroatoms. The second-order valence-corrected chi connectivity index (χ2v) is 7.17. The molecule has 0 radical (unpaired) electrons. The van der Waals surface area contributed by atoms with E-state index in [2.05, 4.69) is 5.10 Å².